The molecule has 2 heterocycles. The van der Waals surface area contributed by atoms with Crippen molar-refractivity contribution in [3.63, 3.8) is 0 Å². The molecule has 6 heteroatoms. The van der Waals surface area contributed by atoms with E-state index in [1.807, 2.05) is 12.1 Å². The van der Waals surface area contributed by atoms with E-state index < -0.39 is 23.3 Å². The van der Waals surface area contributed by atoms with E-state index in [0.29, 0.717) is 17.4 Å². The average molecular weight is 366 g/mol. The van der Waals surface area contributed by atoms with Crippen LogP contribution in [-0.2, 0) is 11.2 Å². The lowest BCUT2D eigenvalue weighted by molar-refractivity contribution is -0.0520. The molecular formula is C21H18O6. The number of fused-ring (bicyclic) bond motifs is 2. The molecule has 2 aromatic carbocycles. The first-order valence-electron chi connectivity index (χ1n) is 8.59. The summed E-state index contributed by atoms with van der Waals surface area (Å²) >= 11 is 0. The summed E-state index contributed by atoms with van der Waals surface area (Å²) in [5, 5.41) is 11.1. The van der Waals surface area contributed by atoms with Gasteiger partial charge in [-0.3, -0.25) is 0 Å². The van der Waals surface area contributed by atoms with Gasteiger partial charge in [-0.25, -0.2) is 9.59 Å². The second-order valence-electron chi connectivity index (χ2n) is 7.06. The van der Waals surface area contributed by atoms with Crippen molar-refractivity contribution in [2.45, 2.75) is 32.0 Å². The molecule has 1 aliphatic rings. The lowest BCUT2D eigenvalue weighted by Crippen LogP contribution is -2.43. The SMILES string of the molecule is CC(C)(OC(=O)c1ccccc1)C1Cc2cc3ccc(=O)oc3c(O)c2O1. The summed E-state index contributed by atoms with van der Waals surface area (Å²) in [5.41, 5.74) is -0.185. The van der Waals surface area contributed by atoms with E-state index in [0.717, 1.165) is 5.56 Å². The second kappa shape index (κ2) is 6.16. The highest BCUT2D eigenvalue weighted by Gasteiger charge is 2.41. The molecule has 0 amide bonds. The normalized spacial score (nSPS) is 16.0. The second-order valence-corrected chi connectivity index (χ2v) is 7.06. The van der Waals surface area contributed by atoms with Gasteiger partial charge in [0.25, 0.3) is 0 Å². The summed E-state index contributed by atoms with van der Waals surface area (Å²) in [6.07, 6.45) is -0.0397. The zero-order valence-electron chi connectivity index (χ0n) is 14.9. The predicted molar refractivity (Wildman–Crippen MR) is 98.2 cm³/mol. The molecule has 1 unspecified atom stereocenters. The van der Waals surface area contributed by atoms with Gasteiger partial charge in [0.05, 0.1) is 5.56 Å². The van der Waals surface area contributed by atoms with Crippen molar-refractivity contribution in [2.75, 3.05) is 0 Å². The maximum absolute atomic E-state index is 12.4. The van der Waals surface area contributed by atoms with E-state index >= 15 is 0 Å². The molecule has 1 atom stereocenters. The van der Waals surface area contributed by atoms with Crippen molar-refractivity contribution in [1.29, 1.82) is 0 Å². The van der Waals surface area contributed by atoms with Crippen LogP contribution in [0.15, 0.2) is 57.7 Å². The molecule has 1 aromatic heterocycles. The molecule has 27 heavy (non-hydrogen) atoms. The number of phenols is 1. The van der Waals surface area contributed by atoms with Gasteiger partial charge in [-0.05, 0) is 38.1 Å². The number of ether oxygens (including phenoxy) is 2. The van der Waals surface area contributed by atoms with Gasteiger partial charge in [0.1, 0.15) is 11.7 Å². The first kappa shape index (κ1) is 17.1. The predicted octanol–water partition coefficient (Wildman–Crippen LogP) is 3.44. The van der Waals surface area contributed by atoms with E-state index in [-0.39, 0.29) is 17.1 Å². The van der Waals surface area contributed by atoms with Crippen molar-refractivity contribution in [3.8, 4) is 11.5 Å². The highest BCUT2D eigenvalue weighted by Crippen LogP contribution is 2.44. The topological polar surface area (TPSA) is 86.0 Å². The molecule has 138 valence electrons. The molecule has 0 saturated heterocycles. The van der Waals surface area contributed by atoms with Crippen molar-refractivity contribution in [3.05, 3.63) is 70.1 Å². The zero-order valence-corrected chi connectivity index (χ0v) is 14.9. The van der Waals surface area contributed by atoms with Crippen LogP contribution in [-0.4, -0.2) is 22.8 Å². The highest BCUT2D eigenvalue weighted by molar-refractivity contribution is 5.89. The smallest absolute Gasteiger partial charge is 0.338 e. The van der Waals surface area contributed by atoms with Gasteiger partial charge in [0.15, 0.2) is 11.3 Å². The molecule has 1 N–H and O–H groups in total. The van der Waals surface area contributed by atoms with Crippen LogP contribution in [0.3, 0.4) is 0 Å². The van der Waals surface area contributed by atoms with Gasteiger partial charge >= 0.3 is 11.6 Å². The third-order valence-corrected chi connectivity index (χ3v) is 4.72. The molecule has 0 aliphatic carbocycles. The van der Waals surface area contributed by atoms with E-state index in [1.54, 1.807) is 44.2 Å². The maximum atomic E-state index is 12.4. The Kier molecular flexibility index (Phi) is 3.91. The van der Waals surface area contributed by atoms with Crippen LogP contribution in [0, 0.1) is 0 Å². The Morgan fingerprint density at radius 1 is 1.19 bits per heavy atom. The van der Waals surface area contributed by atoms with Crippen LogP contribution in [0.2, 0.25) is 0 Å². The van der Waals surface area contributed by atoms with Crippen LogP contribution in [0.5, 0.6) is 11.5 Å². The zero-order chi connectivity index (χ0) is 19.2. The number of carbonyl (C=O) groups is 1. The van der Waals surface area contributed by atoms with Crippen molar-refractivity contribution in [1.82, 2.24) is 0 Å². The minimum Gasteiger partial charge on any atom is -0.502 e. The van der Waals surface area contributed by atoms with Crippen LogP contribution >= 0.6 is 0 Å². The standard InChI is InChI=1S/C21H18O6/c1-21(2,27-20(24)12-6-4-3-5-7-12)15-11-14-10-13-8-9-16(22)26-18(13)17(23)19(14)25-15/h3-10,15,23H,11H2,1-2H3. The number of phenolic OH excluding ortho intramolecular Hbond substituents is 1. The van der Waals surface area contributed by atoms with Crippen LogP contribution in [0.4, 0.5) is 0 Å². The Balaban J connectivity index is 1.62. The van der Waals surface area contributed by atoms with Crippen molar-refractivity contribution >= 4 is 16.9 Å². The number of carbonyl (C=O) groups excluding carboxylic acids is 1. The molecular weight excluding hydrogens is 348 g/mol. The fraction of sp³-hybridized carbons (Fsp3) is 0.238. The largest absolute Gasteiger partial charge is 0.502 e. The first-order valence-corrected chi connectivity index (χ1v) is 8.59. The fourth-order valence-corrected chi connectivity index (χ4v) is 3.23. The highest BCUT2D eigenvalue weighted by atomic mass is 16.6. The monoisotopic (exact) mass is 366 g/mol. The molecule has 6 nitrogen and oxygen atoms in total. The van der Waals surface area contributed by atoms with Gasteiger partial charge in [-0.2, -0.15) is 0 Å². The third kappa shape index (κ3) is 3.03. The molecule has 3 aromatic rings. The van der Waals surface area contributed by atoms with Gasteiger partial charge < -0.3 is 19.0 Å². The molecule has 0 bridgehead atoms. The quantitative estimate of drug-likeness (QED) is 0.564. The maximum Gasteiger partial charge on any atom is 0.338 e. The van der Waals surface area contributed by atoms with Crippen molar-refractivity contribution in [2.24, 2.45) is 0 Å². The number of hydrogen-bond donors (Lipinski definition) is 1. The third-order valence-electron chi connectivity index (χ3n) is 4.72. The fourth-order valence-electron chi connectivity index (χ4n) is 3.23. The van der Waals surface area contributed by atoms with Gasteiger partial charge in [-0.1, -0.05) is 18.2 Å². The molecule has 0 radical (unpaired) electrons. The van der Waals surface area contributed by atoms with E-state index in [9.17, 15) is 14.7 Å². The first-order chi connectivity index (χ1) is 12.8. The van der Waals surface area contributed by atoms with Gasteiger partial charge in [-0.15, -0.1) is 0 Å². The van der Waals surface area contributed by atoms with Gasteiger partial charge in [0, 0.05) is 23.4 Å². The Labute approximate surface area is 155 Å². The number of esters is 1. The van der Waals surface area contributed by atoms with Gasteiger partial charge in [0.2, 0.25) is 5.75 Å². The lowest BCUT2D eigenvalue weighted by atomic mass is 9.96. The Morgan fingerprint density at radius 2 is 1.93 bits per heavy atom. The average Bonchev–Trinajstić information content (AvgIpc) is 3.08. The Morgan fingerprint density at radius 3 is 2.67 bits per heavy atom. The van der Waals surface area contributed by atoms with Crippen LogP contribution in [0.25, 0.3) is 11.0 Å². The Hall–Kier alpha value is -3.28. The number of benzene rings is 2. The molecule has 0 saturated carbocycles. The molecule has 0 spiro atoms. The summed E-state index contributed by atoms with van der Waals surface area (Å²) in [7, 11) is 0. The number of rotatable bonds is 3. The molecule has 4 rings (SSSR count). The van der Waals surface area contributed by atoms with Crippen molar-refractivity contribution < 1.29 is 23.8 Å². The van der Waals surface area contributed by atoms with Crippen LogP contribution in [0.1, 0.15) is 29.8 Å². The minimum atomic E-state index is -0.939. The summed E-state index contributed by atoms with van der Waals surface area (Å²) in [4.78, 5) is 23.8. The van der Waals surface area contributed by atoms with E-state index in [1.165, 1.54) is 6.07 Å². The summed E-state index contributed by atoms with van der Waals surface area (Å²) in [5.74, 6) is -0.404. The number of aromatic hydroxyl groups is 1. The Bertz CT molecular complexity index is 1080. The summed E-state index contributed by atoms with van der Waals surface area (Å²) in [6.45, 7) is 3.53. The molecule has 1 aliphatic heterocycles. The summed E-state index contributed by atoms with van der Waals surface area (Å²) < 4.78 is 16.7. The minimum absolute atomic E-state index is 0.0842. The van der Waals surface area contributed by atoms with E-state index in [2.05, 4.69) is 0 Å². The summed E-state index contributed by atoms with van der Waals surface area (Å²) in [6, 6.07) is 13.4. The van der Waals surface area contributed by atoms with E-state index in [4.69, 9.17) is 13.9 Å². The van der Waals surface area contributed by atoms with Crippen LogP contribution < -0.4 is 10.4 Å². The molecule has 0 fully saturated rings. The lowest BCUT2D eigenvalue weighted by Gasteiger charge is -2.30. The number of hydrogen-bond acceptors (Lipinski definition) is 6.